The van der Waals surface area contributed by atoms with Crippen molar-refractivity contribution >= 4 is 29.1 Å². The molecule has 1 fully saturated rings. The summed E-state index contributed by atoms with van der Waals surface area (Å²) in [5.74, 6) is 0.0658. The molecule has 1 heterocycles. The van der Waals surface area contributed by atoms with Crippen molar-refractivity contribution in [3.05, 3.63) is 69.7 Å². The number of halogens is 2. The van der Waals surface area contributed by atoms with Gasteiger partial charge in [-0.25, -0.2) is 0 Å². The van der Waals surface area contributed by atoms with Gasteiger partial charge in [0.05, 0.1) is 6.54 Å². The molecule has 0 radical (unpaired) electrons. The van der Waals surface area contributed by atoms with Gasteiger partial charge in [0.1, 0.15) is 0 Å². The summed E-state index contributed by atoms with van der Waals surface area (Å²) in [5, 5.41) is 4.47. The monoisotopic (exact) mass is 405 g/mol. The summed E-state index contributed by atoms with van der Waals surface area (Å²) in [6, 6.07) is 15.6. The van der Waals surface area contributed by atoms with E-state index < -0.39 is 0 Å². The van der Waals surface area contributed by atoms with Crippen molar-refractivity contribution in [2.45, 2.75) is 19.5 Å². The SMILES string of the molecule is O=C(CN1CCCN(Cc2ccc(Cl)cc2)CC1)NCc1ccc(Cl)cc1. The first kappa shape index (κ1) is 20.2. The summed E-state index contributed by atoms with van der Waals surface area (Å²) in [6.45, 7) is 5.77. The molecule has 0 aliphatic carbocycles. The van der Waals surface area contributed by atoms with Crippen LogP contribution in [0.3, 0.4) is 0 Å². The first-order valence-electron chi connectivity index (χ1n) is 9.29. The maximum atomic E-state index is 12.3. The second kappa shape index (κ2) is 10.1. The fourth-order valence-electron chi connectivity index (χ4n) is 3.25. The molecule has 1 N–H and O–H groups in total. The van der Waals surface area contributed by atoms with Crippen LogP contribution >= 0.6 is 23.2 Å². The Morgan fingerprint density at radius 3 is 2.04 bits per heavy atom. The van der Waals surface area contributed by atoms with Crippen molar-refractivity contribution in [3.63, 3.8) is 0 Å². The number of carbonyl (C=O) groups excluding carboxylic acids is 1. The van der Waals surface area contributed by atoms with Gasteiger partial charge in [-0.1, -0.05) is 47.5 Å². The van der Waals surface area contributed by atoms with Crippen LogP contribution in [0.15, 0.2) is 48.5 Å². The Morgan fingerprint density at radius 2 is 1.37 bits per heavy atom. The van der Waals surface area contributed by atoms with Gasteiger partial charge in [0.25, 0.3) is 0 Å². The third-order valence-corrected chi connectivity index (χ3v) is 5.27. The number of rotatable bonds is 6. The van der Waals surface area contributed by atoms with E-state index in [1.54, 1.807) is 0 Å². The maximum Gasteiger partial charge on any atom is 0.234 e. The zero-order chi connectivity index (χ0) is 19.1. The Bertz CT molecular complexity index is 734. The summed E-state index contributed by atoms with van der Waals surface area (Å²) in [6.07, 6.45) is 1.07. The summed E-state index contributed by atoms with van der Waals surface area (Å²) in [4.78, 5) is 16.9. The smallest absolute Gasteiger partial charge is 0.234 e. The van der Waals surface area contributed by atoms with Crippen LogP contribution in [0, 0.1) is 0 Å². The highest BCUT2D eigenvalue weighted by Crippen LogP contribution is 2.13. The van der Waals surface area contributed by atoms with Gasteiger partial charge in [-0.2, -0.15) is 0 Å². The number of nitrogens with zero attached hydrogens (tertiary/aromatic N) is 2. The van der Waals surface area contributed by atoms with Crippen LogP contribution in [0.2, 0.25) is 10.0 Å². The van der Waals surface area contributed by atoms with Crippen molar-refractivity contribution in [1.29, 1.82) is 0 Å². The molecule has 1 aliphatic rings. The van der Waals surface area contributed by atoms with E-state index in [9.17, 15) is 4.79 Å². The molecule has 0 aromatic heterocycles. The first-order valence-corrected chi connectivity index (χ1v) is 10.0. The number of amides is 1. The molecule has 2 aromatic rings. The average Bonchev–Trinajstić information content (AvgIpc) is 2.88. The molecule has 0 spiro atoms. The summed E-state index contributed by atoms with van der Waals surface area (Å²) in [5.41, 5.74) is 2.33. The molecular formula is C21H25Cl2N3O. The summed E-state index contributed by atoms with van der Waals surface area (Å²) in [7, 11) is 0. The van der Waals surface area contributed by atoms with Crippen LogP contribution in [0.25, 0.3) is 0 Å². The minimum atomic E-state index is 0.0658. The van der Waals surface area contributed by atoms with Crippen molar-refractivity contribution in [3.8, 4) is 0 Å². The van der Waals surface area contributed by atoms with Crippen molar-refractivity contribution in [1.82, 2.24) is 15.1 Å². The third-order valence-electron chi connectivity index (χ3n) is 4.77. The van der Waals surface area contributed by atoms with Gasteiger partial charge in [0.15, 0.2) is 0 Å². The van der Waals surface area contributed by atoms with Crippen molar-refractivity contribution in [2.75, 3.05) is 32.7 Å². The average molecular weight is 406 g/mol. The van der Waals surface area contributed by atoms with Crippen molar-refractivity contribution < 1.29 is 4.79 Å². The normalized spacial score (nSPS) is 16.1. The van der Waals surface area contributed by atoms with Crippen LogP contribution in [0.1, 0.15) is 17.5 Å². The Balaban J connectivity index is 1.41. The van der Waals surface area contributed by atoms with Gasteiger partial charge >= 0.3 is 0 Å². The Morgan fingerprint density at radius 1 is 0.815 bits per heavy atom. The molecule has 4 nitrogen and oxygen atoms in total. The lowest BCUT2D eigenvalue weighted by Gasteiger charge is -2.21. The predicted octanol–water partition coefficient (Wildman–Crippen LogP) is 3.82. The number of hydrogen-bond donors (Lipinski definition) is 1. The van der Waals surface area contributed by atoms with Crippen molar-refractivity contribution in [2.24, 2.45) is 0 Å². The van der Waals surface area contributed by atoms with Gasteiger partial charge in [-0.3, -0.25) is 14.6 Å². The molecule has 1 amide bonds. The van der Waals surface area contributed by atoms with Gasteiger partial charge in [0.2, 0.25) is 5.91 Å². The van der Waals surface area contributed by atoms with E-state index in [4.69, 9.17) is 23.2 Å². The number of carbonyl (C=O) groups is 1. The highest BCUT2D eigenvalue weighted by Gasteiger charge is 2.17. The molecule has 6 heteroatoms. The van der Waals surface area contributed by atoms with Crippen LogP contribution in [-0.2, 0) is 17.9 Å². The second-order valence-electron chi connectivity index (χ2n) is 6.94. The van der Waals surface area contributed by atoms with E-state index in [0.717, 1.165) is 49.7 Å². The molecule has 2 aromatic carbocycles. The second-order valence-corrected chi connectivity index (χ2v) is 7.81. The number of hydrogen-bond acceptors (Lipinski definition) is 3. The molecule has 1 saturated heterocycles. The van der Waals surface area contributed by atoms with Crippen LogP contribution < -0.4 is 5.32 Å². The molecule has 0 saturated carbocycles. The molecule has 144 valence electrons. The zero-order valence-electron chi connectivity index (χ0n) is 15.3. The molecule has 0 atom stereocenters. The molecule has 3 rings (SSSR count). The lowest BCUT2D eigenvalue weighted by atomic mass is 10.2. The topological polar surface area (TPSA) is 35.6 Å². The Labute approximate surface area is 171 Å². The quantitative estimate of drug-likeness (QED) is 0.793. The summed E-state index contributed by atoms with van der Waals surface area (Å²) >= 11 is 11.8. The molecular weight excluding hydrogens is 381 g/mol. The number of benzene rings is 2. The molecule has 1 aliphatic heterocycles. The van der Waals surface area contributed by atoms with E-state index in [-0.39, 0.29) is 5.91 Å². The lowest BCUT2D eigenvalue weighted by Crippen LogP contribution is -2.39. The Hall–Kier alpha value is -1.59. The minimum Gasteiger partial charge on any atom is -0.351 e. The van der Waals surface area contributed by atoms with E-state index in [1.165, 1.54) is 5.56 Å². The standard InChI is InChI=1S/C21H25Cl2N3O/c22-19-6-2-17(3-7-19)14-24-21(27)16-26-11-1-10-25(12-13-26)15-18-4-8-20(23)9-5-18/h2-9H,1,10-16H2,(H,24,27). The van der Waals surface area contributed by atoms with E-state index in [1.807, 2.05) is 36.4 Å². The first-order chi connectivity index (χ1) is 13.1. The highest BCUT2D eigenvalue weighted by atomic mass is 35.5. The fraction of sp³-hybridized carbons (Fsp3) is 0.381. The lowest BCUT2D eigenvalue weighted by molar-refractivity contribution is -0.122. The fourth-order valence-corrected chi connectivity index (χ4v) is 3.50. The van der Waals surface area contributed by atoms with Crippen LogP contribution in [0.4, 0.5) is 0 Å². The van der Waals surface area contributed by atoms with E-state index in [0.29, 0.717) is 18.1 Å². The summed E-state index contributed by atoms with van der Waals surface area (Å²) < 4.78 is 0. The molecule has 0 unspecified atom stereocenters. The number of nitrogens with one attached hydrogen (secondary N) is 1. The van der Waals surface area contributed by atoms with Crippen LogP contribution in [0.5, 0.6) is 0 Å². The van der Waals surface area contributed by atoms with Crippen LogP contribution in [-0.4, -0.2) is 48.4 Å². The Kier molecular flexibility index (Phi) is 7.53. The van der Waals surface area contributed by atoms with Gasteiger partial charge in [-0.15, -0.1) is 0 Å². The highest BCUT2D eigenvalue weighted by molar-refractivity contribution is 6.30. The van der Waals surface area contributed by atoms with Gasteiger partial charge < -0.3 is 5.32 Å². The van der Waals surface area contributed by atoms with Gasteiger partial charge in [0, 0.05) is 36.2 Å². The molecule has 0 bridgehead atoms. The molecule has 27 heavy (non-hydrogen) atoms. The maximum absolute atomic E-state index is 12.3. The van der Waals surface area contributed by atoms with E-state index >= 15 is 0 Å². The zero-order valence-corrected chi connectivity index (χ0v) is 16.8. The van der Waals surface area contributed by atoms with E-state index in [2.05, 4.69) is 27.2 Å². The minimum absolute atomic E-state index is 0.0658. The largest absolute Gasteiger partial charge is 0.351 e. The third kappa shape index (κ3) is 6.82. The van der Waals surface area contributed by atoms with Gasteiger partial charge in [-0.05, 0) is 54.9 Å². The predicted molar refractivity (Wildman–Crippen MR) is 111 cm³/mol.